The molecule has 1 aromatic rings. The molecule has 3 rings (SSSR count). The molecule has 0 saturated carbocycles. The van der Waals surface area contributed by atoms with Gasteiger partial charge in [-0.05, 0) is 38.8 Å². The second-order valence-corrected chi connectivity index (χ2v) is 6.71. The summed E-state index contributed by atoms with van der Waals surface area (Å²) in [6.07, 6.45) is 1.28. The number of fused-ring (bicyclic) bond motifs is 1. The molecule has 23 heavy (non-hydrogen) atoms. The van der Waals surface area contributed by atoms with Gasteiger partial charge in [0, 0.05) is 25.4 Å². The zero-order valence-corrected chi connectivity index (χ0v) is 13.7. The van der Waals surface area contributed by atoms with Crippen LogP contribution in [0.3, 0.4) is 0 Å². The molecule has 0 bridgehead atoms. The molecule has 6 nitrogen and oxygen atoms in total. The quantitative estimate of drug-likeness (QED) is 0.907. The number of carbonyl (C=O) groups is 2. The van der Waals surface area contributed by atoms with Crippen molar-refractivity contribution in [2.45, 2.75) is 32.8 Å². The normalized spacial score (nSPS) is 23.0. The Bertz CT molecular complexity index is 635. The van der Waals surface area contributed by atoms with Gasteiger partial charge in [0.25, 0.3) is 5.91 Å². The van der Waals surface area contributed by atoms with Crippen molar-refractivity contribution in [2.24, 2.45) is 5.41 Å². The monoisotopic (exact) mass is 318 g/mol. The van der Waals surface area contributed by atoms with E-state index in [1.165, 1.54) is 0 Å². The molecule has 0 radical (unpaired) electrons. The summed E-state index contributed by atoms with van der Waals surface area (Å²) < 4.78 is 11.2. The van der Waals surface area contributed by atoms with E-state index in [0.717, 1.165) is 12.8 Å². The van der Waals surface area contributed by atoms with Crippen LogP contribution >= 0.6 is 0 Å². The molecule has 1 N–H and O–H groups in total. The number of hydrogen-bond acceptors (Lipinski definition) is 4. The van der Waals surface area contributed by atoms with E-state index in [-0.39, 0.29) is 17.9 Å². The molecular formula is C17H22N2O4. The summed E-state index contributed by atoms with van der Waals surface area (Å²) in [6, 6.07) is 5.32. The molecule has 1 aromatic carbocycles. The number of rotatable bonds is 2. The Hall–Kier alpha value is -2.08. The minimum Gasteiger partial charge on any atom is -0.490 e. The lowest BCUT2D eigenvalue weighted by molar-refractivity contribution is -0.127. The predicted molar refractivity (Wildman–Crippen MR) is 86.7 cm³/mol. The number of carbonyl (C=O) groups excluding carboxylic acids is 2. The van der Waals surface area contributed by atoms with Crippen molar-refractivity contribution in [1.29, 1.82) is 0 Å². The maximum Gasteiger partial charge on any atom is 0.253 e. The highest BCUT2D eigenvalue weighted by molar-refractivity contribution is 6.00. The van der Waals surface area contributed by atoms with E-state index in [1.54, 1.807) is 30.1 Å². The van der Waals surface area contributed by atoms with Gasteiger partial charge < -0.3 is 19.7 Å². The van der Waals surface area contributed by atoms with E-state index < -0.39 is 5.41 Å². The van der Waals surface area contributed by atoms with Crippen molar-refractivity contribution in [3.8, 4) is 5.75 Å². The van der Waals surface area contributed by atoms with Crippen LogP contribution in [0.2, 0.25) is 0 Å². The van der Waals surface area contributed by atoms with Crippen LogP contribution in [0.25, 0.3) is 0 Å². The maximum atomic E-state index is 12.4. The van der Waals surface area contributed by atoms with E-state index in [9.17, 15) is 9.59 Å². The fourth-order valence-electron chi connectivity index (χ4n) is 2.88. The Morgan fingerprint density at radius 3 is 2.87 bits per heavy atom. The van der Waals surface area contributed by atoms with Crippen LogP contribution in [0.15, 0.2) is 18.2 Å². The second-order valence-electron chi connectivity index (χ2n) is 6.71. The summed E-state index contributed by atoms with van der Waals surface area (Å²) in [5.41, 5.74) is 0.759. The lowest BCUT2D eigenvalue weighted by atomic mass is 9.93. The molecule has 1 fully saturated rings. The first-order valence-electron chi connectivity index (χ1n) is 7.86. The minimum absolute atomic E-state index is 0.00684. The van der Waals surface area contributed by atoms with Crippen LogP contribution in [0, 0.1) is 5.41 Å². The van der Waals surface area contributed by atoms with Gasteiger partial charge in [0.2, 0.25) is 5.91 Å². The number of anilines is 2. The molecule has 1 saturated heterocycles. The van der Waals surface area contributed by atoms with Crippen LogP contribution in [0.5, 0.6) is 5.75 Å². The predicted octanol–water partition coefficient (Wildman–Crippen LogP) is 2.19. The lowest BCUT2D eigenvalue weighted by Crippen LogP contribution is -2.39. The molecule has 0 spiro atoms. The Morgan fingerprint density at radius 2 is 2.17 bits per heavy atom. The fourth-order valence-corrected chi connectivity index (χ4v) is 2.88. The van der Waals surface area contributed by atoms with Crippen molar-refractivity contribution < 1.29 is 19.1 Å². The molecule has 1 atom stereocenters. The summed E-state index contributed by atoms with van der Waals surface area (Å²) in [5.74, 6) is 0.463. The molecule has 2 amide bonds. The van der Waals surface area contributed by atoms with Crippen molar-refractivity contribution >= 4 is 23.2 Å². The van der Waals surface area contributed by atoms with Crippen molar-refractivity contribution in [3.63, 3.8) is 0 Å². The summed E-state index contributed by atoms with van der Waals surface area (Å²) in [6.45, 7) is 4.65. The van der Waals surface area contributed by atoms with Gasteiger partial charge in [-0.2, -0.15) is 0 Å². The number of benzene rings is 1. The number of nitrogens with one attached hydrogen (secondary N) is 1. The largest absolute Gasteiger partial charge is 0.490 e. The topological polar surface area (TPSA) is 67.9 Å². The van der Waals surface area contributed by atoms with Gasteiger partial charge in [-0.15, -0.1) is 0 Å². The van der Waals surface area contributed by atoms with Gasteiger partial charge in [0.1, 0.15) is 18.5 Å². The zero-order valence-electron chi connectivity index (χ0n) is 13.7. The summed E-state index contributed by atoms with van der Waals surface area (Å²) in [7, 11) is 1.74. The average Bonchev–Trinajstić information content (AvgIpc) is 3.03. The molecule has 1 unspecified atom stereocenters. The Morgan fingerprint density at radius 1 is 1.39 bits per heavy atom. The molecule has 0 aliphatic carbocycles. The van der Waals surface area contributed by atoms with Gasteiger partial charge in [-0.1, -0.05) is 0 Å². The van der Waals surface area contributed by atoms with Gasteiger partial charge >= 0.3 is 0 Å². The van der Waals surface area contributed by atoms with Gasteiger partial charge in [-0.3, -0.25) is 9.59 Å². The first-order chi connectivity index (χ1) is 10.9. The molecule has 2 aliphatic heterocycles. The first-order valence-corrected chi connectivity index (χ1v) is 7.86. The molecule has 2 aliphatic rings. The maximum absolute atomic E-state index is 12.4. The van der Waals surface area contributed by atoms with Crippen LogP contribution in [-0.2, 0) is 14.3 Å². The van der Waals surface area contributed by atoms with E-state index in [0.29, 0.717) is 30.3 Å². The third-order valence-corrected chi connectivity index (χ3v) is 4.28. The number of hydrogen-bond donors (Lipinski definition) is 1. The molecule has 6 heteroatoms. The standard InChI is InChI=1S/C17H22N2O4/c1-17(2)10-23-14-9-11(6-7-12(14)19(3)16(17)21)18-15(20)13-5-4-8-22-13/h6-7,9,13H,4-5,8,10H2,1-3H3,(H,18,20). The average molecular weight is 318 g/mol. The smallest absolute Gasteiger partial charge is 0.253 e. The summed E-state index contributed by atoms with van der Waals surface area (Å²) >= 11 is 0. The molecule has 124 valence electrons. The molecular weight excluding hydrogens is 296 g/mol. The first kappa shape index (κ1) is 15.8. The minimum atomic E-state index is -0.588. The van der Waals surface area contributed by atoms with Crippen LogP contribution in [0.1, 0.15) is 26.7 Å². The van der Waals surface area contributed by atoms with Crippen LogP contribution in [-0.4, -0.2) is 38.2 Å². The van der Waals surface area contributed by atoms with Crippen molar-refractivity contribution in [2.75, 3.05) is 30.5 Å². The van der Waals surface area contributed by atoms with Crippen LogP contribution < -0.4 is 15.0 Å². The lowest BCUT2D eigenvalue weighted by Gasteiger charge is -2.24. The Balaban J connectivity index is 1.81. The van der Waals surface area contributed by atoms with Gasteiger partial charge in [0.05, 0.1) is 11.1 Å². The number of amides is 2. The van der Waals surface area contributed by atoms with E-state index >= 15 is 0 Å². The SMILES string of the molecule is CN1C(=O)C(C)(C)COc2cc(NC(=O)C3CCCO3)ccc21. The van der Waals surface area contributed by atoms with Crippen molar-refractivity contribution in [3.05, 3.63) is 18.2 Å². The highest BCUT2D eigenvalue weighted by Crippen LogP contribution is 2.37. The fraction of sp³-hybridized carbons (Fsp3) is 0.529. The third kappa shape index (κ3) is 3.03. The van der Waals surface area contributed by atoms with Gasteiger partial charge in [-0.25, -0.2) is 0 Å². The Labute approximate surface area is 135 Å². The zero-order chi connectivity index (χ0) is 16.6. The van der Waals surface area contributed by atoms with Gasteiger partial charge in [0.15, 0.2) is 0 Å². The second kappa shape index (κ2) is 5.85. The summed E-state index contributed by atoms with van der Waals surface area (Å²) in [4.78, 5) is 26.2. The summed E-state index contributed by atoms with van der Waals surface area (Å²) in [5, 5.41) is 2.85. The number of nitrogens with zero attached hydrogens (tertiary/aromatic N) is 1. The molecule has 0 aromatic heterocycles. The molecule has 2 heterocycles. The highest BCUT2D eigenvalue weighted by Gasteiger charge is 2.36. The van der Waals surface area contributed by atoms with E-state index in [4.69, 9.17) is 9.47 Å². The van der Waals surface area contributed by atoms with Crippen LogP contribution in [0.4, 0.5) is 11.4 Å². The Kier molecular flexibility index (Phi) is 4.02. The van der Waals surface area contributed by atoms with Crippen molar-refractivity contribution in [1.82, 2.24) is 0 Å². The van der Waals surface area contributed by atoms with E-state index in [2.05, 4.69) is 5.32 Å². The third-order valence-electron chi connectivity index (χ3n) is 4.28. The highest BCUT2D eigenvalue weighted by atomic mass is 16.5. The number of ether oxygens (including phenoxy) is 2. The van der Waals surface area contributed by atoms with E-state index in [1.807, 2.05) is 13.8 Å².